The Balaban J connectivity index is 1.51. The highest BCUT2D eigenvalue weighted by atomic mass is 35.5. The molecule has 1 fully saturated rings. The zero-order chi connectivity index (χ0) is 23.2. The predicted molar refractivity (Wildman–Crippen MR) is 130 cm³/mol. The highest BCUT2D eigenvalue weighted by Gasteiger charge is 2.32. The summed E-state index contributed by atoms with van der Waals surface area (Å²) in [5.41, 5.74) is 4.63. The van der Waals surface area contributed by atoms with Crippen molar-refractivity contribution in [2.24, 2.45) is 5.92 Å². The van der Waals surface area contributed by atoms with Crippen molar-refractivity contribution < 1.29 is 14.7 Å². The van der Waals surface area contributed by atoms with E-state index >= 15 is 0 Å². The minimum atomic E-state index is -0.815. The maximum atomic E-state index is 13.4. The van der Waals surface area contributed by atoms with E-state index in [-0.39, 0.29) is 18.2 Å². The van der Waals surface area contributed by atoms with Crippen molar-refractivity contribution in [1.82, 2.24) is 4.98 Å². The summed E-state index contributed by atoms with van der Waals surface area (Å²) in [5.74, 6) is -0.717. The van der Waals surface area contributed by atoms with Crippen molar-refractivity contribution >= 4 is 29.2 Å². The van der Waals surface area contributed by atoms with Crippen molar-refractivity contribution in [2.45, 2.75) is 44.4 Å². The van der Waals surface area contributed by atoms with Crippen molar-refractivity contribution in [2.75, 3.05) is 5.32 Å². The van der Waals surface area contributed by atoms with Gasteiger partial charge in [0.2, 0.25) is 5.91 Å². The Kier molecular flexibility index (Phi) is 7.40. The van der Waals surface area contributed by atoms with Crippen LogP contribution >= 0.6 is 11.6 Å². The summed E-state index contributed by atoms with van der Waals surface area (Å²) in [6.45, 7) is 0. The molecule has 0 radical (unpaired) electrons. The Labute approximate surface area is 198 Å². The number of carbonyl (C=O) groups is 2. The van der Waals surface area contributed by atoms with E-state index in [0.29, 0.717) is 17.4 Å². The molecule has 1 aromatic heterocycles. The Morgan fingerprint density at radius 1 is 1.00 bits per heavy atom. The molecule has 1 aliphatic carbocycles. The van der Waals surface area contributed by atoms with Crippen molar-refractivity contribution in [3.8, 4) is 11.1 Å². The van der Waals surface area contributed by atoms with E-state index < -0.39 is 5.97 Å². The molecule has 1 atom stereocenters. The van der Waals surface area contributed by atoms with Crippen LogP contribution in [0.5, 0.6) is 0 Å². The third-order valence-corrected chi connectivity index (χ3v) is 6.52. The standard InChI is InChI=1S/C27H27ClN2O3/c28-23-15-22(16-29-17-23)19-8-10-21(11-9-19)26(20-3-1-2-4-20)27(33)30-24-12-5-18(6-13-24)7-14-25(31)32/h5-6,8-13,15-17,20,26H,1-4,7,14H2,(H,30,33)(H,31,32). The molecule has 2 aromatic carbocycles. The average molecular weight is 463 g/mol. The molecular formula is C27H27ClN2O3. The number of aliphatic carboxylic acids is 1. The molecule has 0 saturated heterocycles. The molecular weight excluding hydrogens is 436 g/mol. The van der Waals surface area contributed by atoms with Crippen LogP contribution in [0.4, 0.5) is 5.69 Å². The molecule has 4 rings (SSSR count). The van der Waals surface area contributed by atoms with Crippen LogP contribution in [-0.2, 0) is 16.0 Å². The molecule has 3 aromatic rings. The molecule has 0 spiro atoms. The predicted octanol–water partition coefficient (Wildman–Crippen LogP) is 6.33. The lowest BCUT2D eigenvalue weighted by atomic mass is 9.83. The molecule has 1 amide bonds. The van der Waals surface area contributed by atoms with Crippen LogP contribution in [0.25, 0.3) is 11.1 Å². The van der Waals surface area contributed by atoms with Crippen LogP contribution in [0.3, 0.4) is 0 Å². The molecule has 1 aliphatic rings. The summed E-state index contributed by atoms with van der Waals surface area (Å²) in [6.07, 6.45) is 8.36. The lowest BCUT2D eigenvalue weighted by molar-refractivity contribution is -0.137. The second kappa shape index (κ2) is 10.6. The zero-order valence-electron chi connectivity index (χ0n) is 18.3. The van der Waals surface area contributed by atoms with E-state index in [9.17, 15) is 9.59 Å². The summed E-state index contributed by atoms with van der Waals surface area (Å²) >= 11 is 6.08. The van der Waals surface area contributed by atoms with Gasteiger partial charge in [-0.05, 0) is 60.1 Å². The molecule has 0 aliphatic heterocycles. The average Bonchev–Trinajstić information content (AvgIpc) is 3.33. The van der Waals surface area contributed by atoms with Crippen molar-refractivity contribution in [3.05, 3.63) is 83.1 Å². The third-order valence-electron chi connectivity index (χ3n) is 6.31. The van der Waals surface area contributed by atoms with Gasteiger partial charge in [0.25, 0.3) is 0 Å². The summed E-state index contributed by atoms with van der Waals surface area (Å²) in [4.78, 5) is 28.3. The fourth-order valence-corrected chi connectivity index (χ4v) is 4.78. The van der Waals surface area contributed by atoms with Gasteiger partial charge in [-0.3, -0.25) is 14.6 Å². The van der Waals surface area contributed by atoms with Gasteiger partial charge in [0, 0.05) is 30.1 Å². The molecule has 1 heterocycles. The van der Waals surface area contributed by atoms with Crippen LogP contribution in [0, 0.1) is 5.92 Å². The Morgan fingerprint density at radius 3 is 2.33 bits per heavy atom. The molecule has 0 bridgehead atoms. The SMILES string of the molecule is O=C(O)CCc1ccc(NC(=O)C(c2ccc(-c3cncc(Cl)c3)cc2)C2CCCC2)cc1. The number of hydrogen-bond donors (Lipinski definition) is 2. The molecule has 5 nitrogen and oxygen atoms in total. The number of carbonyl (C=O) groups excluding carboxylic acids is 1. The highest BCUT2D eigenvalue weighted by molar-refractivity contribution is 6.30. The first-order chi connectivity index (χ1) is 16.0. The number of rotatable bonds is 8. The first kappa shape index (κ1) is 23.0. The van der Waals surface area contributed by atoms with Crippen LogP contribution in [0.2, 0.25) is 5.02 Å². The van der Waals surface area contributed by atoms with Gasteiger partial charge < -0.3 is 10.4 Å². The first-order valence-electron chi connectivity index (χ1n) is 11.3. The van der Waals surface area contributed by atoms with Gasteiger partial charge >= 0.3 is 5.97 Å². The fraction of sp³-hybridized carbons (Fsp3) is 0.296. The number of carboxylic acids is 1. The first-order valence-corrected chi connectivity index (χ1v) is 11.7. The Bertz CT molecular complexity index is 1110. The van der Waals surface area contributed by atoms with Crippen molar-refractivity contribution in [3.63, 3.8) is 0 Å². The lowest BCUT2D eigenvalue weighted by Crippen LogP contribution is -2.26. The second-order valence-electron chi connectivity index (χ2n) is 8.62. The number of anilines is 1. The maximum absolute atomic E-state index is 13.4. The second-order valence-corrected chi connectivity index (χ2v) is 9.05. The summed E-state index contributed by atoms with van der Waals surface area (Å²) in [7, 11) is 0. The number of carboxylic acid groups (broad SMARTS) is 1. The van der Waals surface area contributed by atoms with Gasteiger partial charge in [0.05, 0.1) is 10.9 Å². The van der Waals surface area contributed by atoms with Gasteiger partial charge in [-0.1, -0.05) is 60.8 Å². The number of benzene rings is 2. The monoisotopic (exact) mass is 462 g/mol. The van der Waals surface area contributed by atoms with Gasteiger partial charge in [-0.25, -0.2) is 0 Å². The Morgan fingerprint density at radius 2 is 1.70 bits per heavy atom. The smallest absolute Gasteiger partial charge is 0.303 e. The quantitative estimate of drug-likeness (QED) is 0.409. The normalized spacial score (nSPS) is 14.7. The number of amides is 1. The minimum absolute atomic E-state index is 0.00245. The summed E-state index contributed by atoms with van der Waals surface area (Å²) in [5, 5.41) is 12.5. The van der Waals surface area contributed by atoms with Gasteiger partial charge in [-0.15, -0.1) is 0 Å². The van der Waals surface area contributed by atoms with Crippen molar-refractivity contribution in [1.29, 1.82) is 0 Å². The molecule has 1 unspecified atom stereocenters. The van der Waals surface area contributed by atoms with Crippen LogP contribution in [-0.4, -0.2) is 22.0 Å². The maximum Gasteiger partial charge on any atom is 0.303 e. The minimum Gasteiger partial charge on any atom is -0.481 e. The van der Waals surface area contributed by atoms with Gasteiger partial charge in [-0.2, -0.15) is 0 Å². The van der Waals surface area contributed by atoms with E-state index in [2.05, 4.69) is 10.3 Å². The van der Waals surface area contributed by atoms with E-state index in [0.717, 1.165) is 53.6 Å². The van der Waals surface area contributed by atoms with E-state index in [4.69, 9.17) is 16.7 Å². The van der Waals surface area contributed by atoms with E-state index in [1.165, 1.54) is 0 Å². The number of nitrogens with zero attached hydrogens (tertiary/aromatic N) is 1. The summed E-state index contributed by atoms with van der Waals surface area (Å²) in [6, 6.07) is 17.4. The summed E-state index contributed by atoms with van der Waals surface area (Å²) < 4.78 is 0. The third kappa shape index (κ3) is 5.99. The van der Waals surface area contributed by atoms with Crippen LogP contribution < -0.4 is 5.32 Å². The van der Waals surface area contributed by atoms with E-state index in [1.807, 2.05) is 54.6 Å². The fourth-order valence-electron chi connectivity index (χ4n) is 4.61. The number of halogens is 1. The molecule has 170 valence electrons. The molecule has 1 saturated carbocycles. The number of pyridine rings is 1. The Hall–Kier alpha value is -3.18. The number of nitrogens with one attached hydrogen (secondary N) is 1. The topological polar surface area (TPSA) is 79.3 Å². The highest BCUT2D eigenvalue weighted by Crippen LogP contribution is 2.38. The largest absolute Gasteiger partial charge is 0.481 e. The van der Waals surface area contributed by atoms with Gasteiger partial charge in [0.15, 0.2) is 0 Å². The number of aromatic nitrogens is 1. The number of hydrogen-bond acceptors (Lipinski definition) is 3. The molecule has 2 N–H and O–H groups in total. The molecule has 33 heavy (non-hydrogen) atoms. The number of aryl methyl sites for hydroxylation is 1. The van der Waals surface area contributed by atoms with Crippen LogP contribution in [0.1, 0.15) is 49.1 Å². The lowest BCUT2D eigenvalue weighted by Gasteiger charge is -2.23. The van der Waals surface area contributed by atoms with E-state index in [1.54, 1.807) is 12.4 Å². The molecule has 6 heteroatoms. The zero-order valence-corrected chi connectivity index (χ0v) is 19.1. The van der Waals surface area contributed by atoms with Gasteiger partial charge in [0.1, 0.15) is 0 Å². The van der Waals surface area contributed by atoms with Crippen LogP contribution in [0.15, 0.2) is 67.0 Å².